The Bertz CT molecular complexity index is 349. The third-order valence-electron chi connectivity index (χ3n) is 3.84. The molecule has 2 aliphatic carbocycles. The van der Waals surface area contributed by atoms with Crippen LogP contribution in [-0.4, -0.2) is 16.7 Å². The van der Waals surface area contributed by atoms with Crippen LogP contribution >= 0.6 is 0 Å². The Hall–Kier alpha value is -1.06. The molecule has 3 rings (SSSR count). The van der Waals surface area contributed by atoms with Gasteiger partial charge in [0.2, 0.25) is 0 Å². The second kappa shape index (κ2) is 3.51. The van der Waals surface area contributed by atoms with E-state index in [0.717, 1.165) is 24.2 Å². The number of anilines is 1. The normalized spacial score (nSPS) is 33.5. The first-order valence-corrected chi connectivity index (χ1v) is 5.94. The number of nitrogens with one attached hydrogen (secondary N) is 1. The van der Waals surface area contributed by atoms with Crippen molar-refractivity contribution in [1.82, 2.24) is 10.1 Å². The molecule has 2 fully saturated rings. The van der Waals surface area contributed by atoms with Gasteiger partial charge in [-0.1, -0.05) is 11.6 Å². The van der Waals surface area contributed by atoms with Crippen molar-refractivity contribution in [2.45, 2.75) is 38.5 Å². The second-order valence-electron chi connectivity index (χ2n) is 4.77. The van der Waals surface area contributed by atoms with Gasteiger partial charge in [0.1, 0.15) is 0 Å². The number of rotatable bonds is 3. The third-order valence-corrected chi connectivity index (χ3v) is 3.84. The highest BCUT2D eigenvalue weighted by Crippen LogP contribution is 2.52. The molecular weight excluding hydrogens is 190 g/mol. The van der Waals surface area contributed by atoms with Crippen LogP contribution in [-0.2, 0) is 0 Å². The molecule has 0 aromatic carbocycles. The molecule has 0 radical (unpaired) electrons. The SMILES string of the molecule is CCNc1nc(C2CC3CCC2C3)no1. The van der Waals surface area contributed by atoms with Crippen LogP contribution in [0.1, 0.15) is 44.3 Å². The summed E-state index contributed by atoms with van der Waals surface area (Å²) in [6, 6.07) is 0.579. The molecule has 1 N–H and O–H groups in total. The van der Waals surface area contributed by atoms with Crippen LogP contribution in [0.3, 0.4) is 0 Å². The molecule has 2 bridgehead atoms. The molecule has 3 unspecified atom stereocenters. The molecule has 0 saturated heterocycles. The van der Waals surface area contributed by atoms with E-state index in [1.165, 1.54) is 25.7 Å². The predicted molar refractivity (Wildman–Crippen MR) is 56.7 cm³/mol. The topological polar surface area (TPSA) is 51.0 Å². The highest BCUT2D eigenvalue weighted by atomic mass is 16.5. The fraction of sp³-hybridized carbons (Fsp3) is 0.818. The Morgan fingerprint density at radius 3 is 3.00 bits per heavy atom. The largest absolute Gasteiger partial charge is 0.338 e. The molecule has 2 saturated carbocycles. The van der Waals surface area contributed by atoms with E-state index in [9.17, 15) is 0 Å². The van der Waals surface area contributed by atoms with Crippen LogP contribution in [0.4, 0.5) is 6.01 Å². The summed E-state index contributed by atoms with van der Waals surface area (Å²) in [4.78, 5) is 4.41. The van der Waals surface area contributed by atoms with Crippen LogP contribution < -0.4 is 5.32 Å². The lowest BCUT2D eigenvalue weighted by Gasteiger charge is -2.17. The second-order valence-corrected chi connectivity index (χ2v) is 4.77. The Morgan fingerprint density at radius 2 is 2.33 bits per heavy atom. The fourth-order valence-corrected chi connectivity index (χ4v) is 3.17. The van der Waals surface area contributed by atoms with Crippen molar-refractivity contribution in [1.29, 1.82) is 0 Å². The summed E-state index contributed by atoms with van der Waals surface area (Å²) in [5, 5.41) is 7.14. The van der Waals surface area contributed by atoms with Crippen LogP contribution in [0.2, 0.25) is 0 Å². The molecule has 1 aromatic rings. The average molecular weight is 207 g/mol. The maximum Gasteiger partial charge on any atom is 0.321 e. The summed E-state index contributed by atoms with van der Waals surface area (Å²) < 4.78 is 5.15. The van der Waals surface area contributed by atoms with Crippen molar-refractivity contribution in [3.63, 3.8) is 0 Å². The van der Waals surface area contributed by atoms with Gasteiger partial charge in [-0.3, -0.25) is 0 Å². The molecule has 82 valence electrons. The van der Waals surface area contributed by atoms with Gasteiger partial charge in [-0.15, -0.1) is 0 Å². The third kappa shape index (κ3) is 1.52. The minimum absolute atomic E-state index is 0.569. The molecule has 3 atom stereocenters. The molecule has 4 heteroatoms. The van der Waals surface area contributed by atoms with Crippen molar-refractivity contribution in [3.05, 3.63) is 5.82 Å². The van der Waals surface area contributed by atoms with Crippen LogP contribution in [0, 0.1) is 11.8 Å². The van der Waals surface area contributed by atoms with Crippen molar-refractivity contribution in [2.24, 2.45) is 11.8 Å². The monoisotopic (exact) mass is 207 g/mol. The predicted octanol–water partition coefficient (Wildman–Crippen LogP) is 2.41. The molecule has 4 nitrogen and oxygen atoms in total. The summed E-state index contributed by atoms with van der Waals surface area (Å²) >= 11 is 0. The van der Waals surface area contributed by atoms with E-state index in [1.54, 1.807) is 0 Å². The maximum absolute atomic E-state index is 5.15. The lowest BCUT2D eigenvalue weighted by Crippen LogP contribution is -2.10. The molecule has 0 aliphatic heterocycles. The van der Waals surface area contributed by atoms with E-state index in [2.05, 4.69) is 15.5 Å². The van der Waals surface area contributed by atoms with Crippen LogP contribution in [0.25, 0.3) is 0 Å². The van der Waals surface area contributed by atoms with E-state index in [-0.39, 0.29) is 0 Å². The zero-order valence-electron chi connectivity index (χ0n) is 9.07. The van der Waals surface area contributed by atoms with Gasteiger partial charge >= 0.3 is 6.01 Å². The molecule has 15 heavy (non-hydrogen) atoms. The van der Waals surface area contributed by atoms with Gasteiger partial charge in [-0.05, 0) is 38.0 Å². The van der Waals surface area contributed by atoms with Gasteiger partial charge in [-0.25, -0.2) is 0 Å². The number of hydrogen-bond donors (Lipinski definition) is 1. The quantitative estimate of drug-likeness (QED) is 0.826. The summed E-state index contributed by atoms with van der Waals surface area (Å²) in [6.07, 6.45) is 5.44. The van der Waals surface area contributed by atoms with Crippen molar-refractivity contribution >= 4 is 6.01 Å². The minimum atomic E-state index is 0.569. The van der Waals surface area contributed by atoms with Crippen LogP contribution in [0.15, 0.2) is 4.52 Å². The van der Waals surface area contributed by atoms with Gasteiger partial charge in [0.05, 0.1) is 0 Å². The lowest BCUT2D eigenvalue weighted by atomic mass is 9.88. The molecule has 2 aliphatic rings. The first kappa shape index (κ1) is 9.19. The van der Waals surface area contributed by atoms with Gasteiger partial charge in [0.15, 0.2) is 5.82 Å². The summed E-state index contributed by atoms with van der Waals surface area (Å²) in [7, 11) is 0. The number of fused-ring (bicyclic) bond motifs is 2. The molecule has 1 aromatic heterocycles. The van der Waals surface area contributed by atoms with Crippen molar-refractivity contribution < 1.29 is 4.52 Å². The zero-order chi connectivity index (χ0) is 10.3. The lowest BCUT2D eigenvalue weighted by molar-refractivity contribution is 0.372. The summed E-state index contributed by atoms with van der Waals surface area (Å²) in [5.41, 5.74) is 0. The standard InChI is InChI=1S/C11H17N3O/c1-2-12-11-13-10(14-15-11)9-6-7-3-4-8(9)5-7/h7-9H,2-6H2,1H3,(H,12,13,14). The molecule has 0 spiro atoms. The fourth-order valence-electron chi connectivity index (χ4n) is 3.17. The van der Waals surface area contributed by atoms with E-state index < -0.39 is 0 Å². The van der Waals surface area contributed by atoms with Gasteiger partial charge in [0.25, 0.3) is 0 Å². The van der Waals surface area contributed by atoms with Crippen LogP contribution in [0.5, 0.6) is 0 Å². The maximum atomic E-state index is 5.15. The van der Waals surface area contributed by atoms with Crippen molar-refractivity contribution in [3.8, 4) is 0 Å². The average Bonchev–Trinajstić information content (AvgIpc) is 2.91. The highest BCUT2D eigenvalue weighted by molar-refractivity contribution is 5.20. The molecular formula is C11H17N3O. The summed E-state index contributed by atoms with van der Waals surface area (Å²) in [6.45, 7) is 2.86. The number of aromatic nitrogens is 2. The minimum Gasteiger partial charge on any atom is -0.338 e. The first-order valence-electron chi connectivity index (χ1n) is 5.94. The Balaban J connectivity index is 1.75. The van der Waals surface area contributed by atoms with Gasteiger partial charge in [0, 0.05) is 12.5 Å². The smallest absolute Gasteiger partial charge is 0.321 e. The summed E-state index contributed by atoms with van der Waals surface area (Å²) in [5.74, 6) is 3.25. The highest BCUT2D eigenvalue weighted by Gasteiger charge is 2.42. The van der Waals surface area contributed by atoms with E-state index in [0.29, 0.717) is 11.9 Å². The molecule has 1 heterocycles. The Kier molecular flexibility index (Phi) is 2.15. The van der Waals surface area contributed by atoms with E-state index in [1.807, 2.05) is 6.92 Å². The van der Waals surface area contributed by atoms with Gasteiger partial charge in [-0.2, -0.15) is 4.98 Å². The first-order chi connectivity index (χ1) is 7.36. The molecule has 0 amide bonds. The number of hydrogen-bond acceptors (Lipinski definition) is 4. The van der Waals surface area contributed by atoms with E-state index in [4.69, 9.17) is 4.52 Å². The van der Waals surface area contributed by atoms with Crippen molar-refractivity contribution in [2.75, 3.05) is 11.9 Å². The zero-order valence-corrected chi connectivity index (χ0v) is 9.07. The number of nitrogens with zero attached hydrogens (tertiary/aromatic N) is 2. The Morgan fingerprint density at radius 1 is 1.40 bits per heavy atom. The van der Waals surface area contributed by atoms with Gasteiger partial charge < -0.3 is 9.84 Å². The Labute approximate surface area is 89.4 Å². The van der Waals surface area contributed by atoms with E-state index >= 15 is 0 Å².